The van der Waals surface area contributed by atoms with E-state index in [-0.39, 0.29) is 17.0 Å². The van der Waals surface area contributed by atoms with Crippen LogP contribution in [0.15, 0.2) is 50.8 Å². The molecule has 0 spiro atoms. The number of carbonyl (C=O) groups is 1. The summed E-state index contributed by atoms with van der Waals surface area (Å²) in [6.45, 7) is 3.24. The third-order valence-corrected chi connectivity index (χ3v) is 6.35. The first-order chi connectivity index (χ1) is 15.5. The number of fused-ring (bicyclic) bond motifs is 1. The van der Waals surface area contributed by atoms with Crippen molar-refractivity contribution < 1.29 is 13.9 Å². The fraction of sp³-hybridized carbons (Fsp3) is 0.273. The minimum absolute atomic E-state index is 0.221. The number of rotatable bonds is 8. The number of thioether (sulfide) groups is 1. The van der Waals surface area contributed by atoms with E-state index in [4.69, 9.17) is 21.4 Å². The number of methoxy groups -OCH3 is 1. The van der Waals surface area contributed by atoms with Crippen LogP contribution < -0.4 is 10.9 Å². The Labute approximate surface area is 194 Å². The Morgan fingerprint density at radius 3 is 2.91 bits per heavy atom. The van der Waals surface area contributed by atoms with E-state index in [1.807, 2.05) is 19.1 Å². The van der Waals surface area contributed by atoms with Crippen molar-refractivity contribution in [2.24, 2.45) is 0 Å². The highest BCUT2D eigenvalue weighted by molar-refractivity contribution is 8.26. The van der Waals surface area contributed by atoms with Gasteiger partial charge in [-0.1, -0.05) is 30.0 Å². The molecule has 8 nitrogen and oxygen atoms in total. The van der Waals surface area contributed by atoms with Crippen LogP contribution in [0.25, 0.3) is 11.7 Å². The molecule has 4 rings (SSSR count). The number of furan rings is 1. The number of aromatic nitrogens is 2. The minimum Gasteiger partial charge on any atom is -0.467 e. The molecule has 4 heterocycles. The van der Waals surface area contributed by atoms with Crippen molar-refractivity contribution >= 4 is 51.7 Å². The first-order valence-corrected chi connectivity index (χ1v) is 11.2. The molecule has 10 heteroatoms. The van der Waals surface area contributed by atoms with Crippen molar-refractivity contribution in [2.45, 2.75) is 19.9 Å². The Bertz CT molecular complexity index is 1250. The Morgan fingerprint density at radius 1 is 1.31 bits per heavy atom. The number of ether oxygens (including phenoxy) is 1. The third-order valence-electron chi connectivity index (χ3n) is 4.97. The van der Waals surface area contributed by atoms with E-state index in [1.165, 1.54) is 21.1 Å². The molecule has 0 aromatic carbocycles. The van der Waals surface area contributed by atoms with E-state index in [2.05, 4.69) is 10.3 Å². The molecule has 3 aromatic heterocycles. The number of hydrogen-bond donors (Lipinski definition) is 1. The fourth-order valence-electron chi connectivity index (χ4n) is 3.35. The van der Waals surface area contributed by atoms with Gasteiger partial charge in [-0.05, 0) is 43.2 Å². The number of hydrogen-bond acceptors (Lipinski definition) is 8. The van der Waals surface area contributed by atoms with Crippen LogP contribution >= 0.6 is 24.0 Å². The summed E-state index contributed by atoms with van der Waals surface area (Å²) < 4.78 is 12.4. The van der Waals surface area contributed by atoms with E-state index in [0.717, 1.165) is 5.56 Å². The van der Waals surface area contributed by atoms with E-state index >= 15 is 0 Å². The summed E-state index contributed by atoms with van der Waals surface area (Å²) in [4.78, 5) is 32.9. The zero-order valence-electron chi connectivity index (χ0n) is 17.7. The summed E-state index contributed by atoms with van der Waals surface area (Å²) in [6.07, 6.45) is 5.50. The lowest BCUT2D eigenvalue weighted by atomic mass is 10.2. The van der Waals surface area contributed by atoms with Crippen LogP contribution in [0.2, 0.25) is 0 Å². The number of nitrogens with zero attached hydrogens (tertiary/aromatic N) is 3. The van der Waals surface area contributed by atoms with Gasteiger partial charge in [0.1, 0.15) is 21.5 Å². The highest BCUT2D eigenvalue weighted by Crippen LogP contribution is 2.33. The lowest BCUT2D eigenvalue weighted by Crippen LogP contribution is -2.29. The van der Waals surface area contributed by atoms with E-state index in [1.54, 1.807) is 37.8 Å². The number of anilines is 1. The molecule has 32 heavy (non-hydrogen) atoms. The second-order valence-electron chi connectivity index (χ2n) is 7.18. The number of nitrogens with one attached hydrogen (secondary N) is 1. The van der Waals surface area contributed by atoms with Gasteiger partial charge in [-0.15, -0.1) is 0 Å². The molecule has 0 bridgehead atoms. The predicted molar refractivity (Wildman–Crippen MR) is 129 cm³/mol. The monoisotopic (exact) mass is 470 g/mol. The van der Waals surface area contributed by atoms with Crippen molar-refractivity contribution in [3.8, 4) is 0 Å². The first-order valence-electron chi connectivity index (χ1n) is 10.0. The second kappa shape index (κ2) is 9.68. The Balaban J connectivity index is 1.74. The average molecular weight is 471 g/mol. The van der Waals surface area contributed by atoms with Crippen LogP contribution in [0, 0.1) is 6.92 Å². The van der Waals surface area contributed by atoms with Gasteiger partial charge in [-0.3, -0.25) is 18.9 Å². The van der Waals surface area contributed by atoms with E-state index in [0.29, 0.717) is 52.6 Å². The van der Waals surface area contributed by atoms with Gasteiger partial charge in [0.15, 0.2) is 0 Å². The van der Waals surface area contributed by atoms with Crippen molar-refractivity contribution in [1.29, 1.82) is 0 Å². The summed E-state index contributed by atoms with van der Waals surface area (Å²) in [5.74, 6) is 0.861. The predicted octanol–water partition coefficient (Wildman–Crippen LogP) is 3.45. The molecule has 166 valence electrons. The number of carbonyl (C=O) groups excluding carboxylic acids is 1. The molecular formula is C22H22N4O4S2. The van der Waals surface area contributed by atoms with Crippen LogP contribution in [0.4, 0.5) is 5.82 Å². The van der Waals surface area contributed by atoms with Crippen molar-refractivity contribution in [2.75, 3.05) is 25.6 Å². The van der Waals surface area contributed by atoms with Crippen LogP contribution in [0.5, 0.6) is 0 Å². The number of pyridine rings is 1. The van der Waals surface area contributed by atoms with Crippen molar-refractivity contribution in [3.63, 3.8) is 0 Å². The molecule has 1 fully saturated rings. The van der Waals surface area contributed by atoms with Crippen LogP contribution in [-0.4, -0.2) is 44.8 Å². The maximum atomic E-state index is 13.4. The third kappa shape index (κ3) is 4.47. The normalized spacial score (nSPS) is 15.3. The van der Waals surface area contributed by atoms with Gasteiger partial charge >= 0.3 is 0 Å². The van der Waals surface area contributed by atoms with Gasteiger partial charge in [-0.2, -0.15) is 0 Å². The molecule has 0 aliphatic carbocycles. The Morgan fingerprint density at radius 2 is 2.16 bits per heavy atom. The molecular weight excluding hydrogens is 448 g/mol. The number of aryl methyl sites for hydroxylation is 1. The van der Waals surface area contributed by atoms with Gasteiger partial charge in [0.25, 0.3) is 11.5 Å². The maximum Gasteiger partial charge on any atom is 0.267 e. The highest BCUT2D eigenvalue weighted by Gasteiger charge is 2.32. The molecule has 1 saturated heterocycles. The fourth-order valence-corrected chi connectivity index (χ4v) is 4.64. The maximum absolute atomic E-state index is 13.4. The van der Waals surface area contributed by atoms with E-state index < -0.39 is 0 Å². The first kappa shape index (κ1) is 22.3. The Kier molecular flexibility index (Phi) is 6.73. The minimum atomic E-state index is -0.273. The van der Waals surface area contributed by atoms with Gasteiger partial charge in [0, 0.05) is 26.5 Å². The van der Waals surface area contributed by atoms with Gasteiger partial charge in [-0.25, -0.2) is 4.98 Å². The summed E-state index contributed by atoms with van der Waals surface area (Å²) in [5, 5.41) is 3.18. The number of thiocarbonyl (C=S) groups is 1. The largest absolute Gasteiger partial charge is 0.467 e. The molecule has 1 aliphatic rings. The molecule has 3 aromatic rings. The SMILES string of the molecule is COCCCN1C(=O)/C(=C\c2c(NCc3ccco3)nc3c(C)cccn3c2=O)SC1=S. The van der Waals surface area contributed by atoms with Crippen LogP contribution in [-0.2, 0) is 16.1 Å². The average Bonchev–Trinajstić information content (AvgIpc) is 3.39. The number of amides is 1. The summed E-state index contributed by atoms with van der Waals surface area (Å²) in [7, 11) is 1.61. The summed E-state index contributed by atoms with van der Waals surface area (Å²) in [6, 6.07) is 7.31. The molecule has 1 aliphatic heterocycles. The summed E-state index contributed by atoms with van der Waals surface area (Å²) in [5.41, 5.74) is 1.42. The van der Waals surface area contributed by atoms with Crippen molar-refractivity contribution in [3.05, 3.63) is 68.9 Å². The van der Waals surface area contributed by atoms with Gasteiger partial charge in [0.05, 0.1) is 23.3 Å². The zero-order valence-corrected chi connectivity index (χ0v) is 19.3. The lowest BCUT2D eigenvalue weighted by Gasteiger charge is -2.13. The standard InChI is InChI=1S/C22H22N4O4S2/c1-14-6-3-8-25-19(14)24-18(23-13-15-7-4-11-30-15)16(20(25)27)12-17-21(28)26(22(31)32-17)9-5-10-29-2/h3-4,6-8,11-12,23H,5,9-10,13H2,1-2H3/b17-12+. The highest BCUT2D eigenvalue weighted by atomic mass is 32.2. The van der Waals surface area contributed by atoms with Crippen LogP contribution in [0.1, 0.15) is 23.3 Å². The topological polar surface area (TPSA) is 89.1 Å². The van der Waals surface area contributed by atoms with Crippen LogP contribution in [0.3, 0.4) is 0 Å². The second-order valence-corrected chi connectivity index (χ2v) is 8.85. The van der Waals surface area contributed by atoms with Gasteiger partial charge in [0.2, 0.25) is 0 Å². The molecule has 0 saturated carbocycles. The molecule has 1 amide bonds. The molecule has 1 N–H and O–H groups in total. The smallest absolute Gasteiger partial charge is 0.267 e. The summed E-state index contributed by atoms with van der Waals surface area (Å²) >= 11 is 6.57. The molecule has 0 radical (unpaired) electrons. The van der Waals surface area contributed by atoms with Gasteiger partial charge < -0.3 is 14.5 Å². The van der Waals surface area contributed by atoms with Crippen molar-refractivity contribution in [1.82, 2.24) is 14.3 Å². The molecule has 0 atom stereocenters. The zero-order chi connectivity index (χ0) is 22.7. The lowest BCUT2D eigenvalue weighted by molar-refractivity contribution is -0.122. The quantitative estimate of drug-likeness (QED) is 0.304. The van der Waals surface area contributed by atoms with E-state index in [9.17, 15) is 9.59 Å². The Hall–Kier alpha value is -2.95. The molecule has 0 unspecified atom stereocenters.